The monoisotopic (exact) mass is 436 g/mol. The number of ether oxygens (including phenoxy) is 2. The summed E-state index contributed by atoms with van der Waals surface area (Å²) in [6.07, 6.45) is 1.74. The first-order valence-corrected chi connectivity index (χ1v) is 12.1. The minimum absolute atomic E-state index is 0.121. The van der Waals surface area contributed by atoms with Crippen LogP contribution in [0.5, 0.6) is 11.5 Å². The molecular weight excluding hydrogens is 412 g/mol. The van der Waals surface area contributed by atoms with Crippen LogP contribution >= 0.6 is 11.8 Å². The summed E-state index contributed by atoms with van der Waals surface area (Å²) in [7, 11) is -3.50. The Morgan fingerprint density at radius 1 is 1.17 bits per heavy atom. The molecule has 156 valence electrons. The molecule has 29 heavy (non-hydrogen) atoms. The Labute approximate surface area is 175 Å². The van der Waals surface area contributed by atoms with Gasteiger partial charge >= 0.3 is 0 Å². The fourth-order valence-corrected chi connectivity index (χ4v) is 4.69. The number of rotatable bonds is 9. The summed E-state index contributed by atoms with van der Waals surface area (Å²) < 4.78 is 36.4. The van der Waals surface area contributed by atoms with Crippen molar-refractivity contribution >= 4 is 39.1 Å². The zero-order chi connectivity index (χ0) is 20.9. The highest BCUT2D eigenvalue weighted by Crippen LogP contribution is 2.36. The molecule has 1 heterocycles. The molecule has 7 nitrogen and oxygen atoms in total. The van der Waals surface area contributed by atoms with Crippen molar-refractivity contribution in [3.05, 3.63) is 42.5 Å². The van der Waals surface area contributed by atoms with Gasteiger partial charge in [0, 0.05) is 23.9 Å². The van der Waals surface area contributed by atoms with Crippen molar-refractivity contribution < 1.29 is 22.7 Å². The van der Waals surface area contributed by atoms with Crippen LogP contribution in [0.4, 0.5) is 11.4 Å². The van der Waals surface area contributed by atoms with Crippen LogP contribution in [0, 0.1) is 0 Å². The van der Waals surface area contributed by atoms with Gasteiger partial charge in [0.05, 0.1) is 17.6 Å². The average molecular weight is 437 g/mol. The van der Waals surface area contributed by atoms with E-state index in [1.807, 2.05) is 24.3 Å². The van der Waals surface area contributed by atoms with Crippen molar-refractivity contribution in [1.82, 2.24) is 0 Å². The Morgan fingerprint density at radius 2 is 1.93 bits per heavy atom. The minimum atomic E-state index is -3.50. The Bertz CT molecular complexity index is 979. The summed E-state index contributed by atoms with van der Waals surface area (Å²) in [5.41, 5.74) is 1.27. The molecule has 0 aromatic heterocycles. The molecule has 0 aliphatic carbocycles. The number of hydrogen-bond acceptors (Lipinski definition) is 6. The lowest BCUT2D eigenvalue weighted by molar-refractivity contribution is -0.116. The van der Waals surface area contributed by atoms with Crippen molar-refractivity contribution in [3.63, 3.8) is 0 Å². The zero-order valence-electron chi connectivity index (χ0n) is 16.4. The Kier molecular flexibility index (Phi) is 6.92. The molecule has 0 fully saturated rings. The van der Waals surface area contributed by atoms with E-state index in [0.29, 0.717) is 23.6 Å². The number of anilines is 2. The lowest BCUT2D eigenvalue weighted by Crippen LogP contribution is -2.31. The lowest BCUT2D eigenvalue weighted by Gasteiger charge is -2.22. The Hall–Kier alpha value is -2.39. The van der Waals surface area contributed by atoms with E-state index in [2.05, 4.69) is 12.2 Å². The number of fused-ring (bicyclic) bond motifs is 1. The third-order valence-corrected chi connectivity index (χ3v) is 6.42. The molecule has 0 bridgehead atoms. The Balaban J connectivity index is 1.62. The predicted molar refractivity (Wildman–Crippen MR) is 115 cm³/mol. The second-order valence-electron chi connectivity index (χ2n) is 6.45. The first kappa shape index (κ1) is 21.3. The number of carbonyl (C=O) groups excluding carboxylic acids is 1. The lowest BCUT2D eigenvalue weighted by atomic mass is 10.2. The van der Waals surface area contributed by atoms with Crippen LogP contribution in [0.2, 0.25) is 0 Å². The number of nitrogens with one attached hydrogen (secondary N) is 1. The molecule has 0 atom stereocenters. The molecule has 0 spiro atoms. The van der Waals surface area contributed by atoms with Gasteiger partial charge in [-0.2, -0.15) is 0 Å². The summed E-state index contributed by atoms with van der Waals surface area (Å²) in [5, 5.41) is 2.92. The van der Waals surface area contributed by atoms with Crippen molar-refractivity contribution in [2.24, 2.45) is 0 Å². The standard InChI is InChI=1S/C20H24N2O5S2/c1-3-28-19-8-5-4-7-16(19)21-20(23)9-6-12-22(29(2,24)25)15-10-11-17-18(13-15)27-14-26-17/h4-5,7-8,10-11,13H,3,6,9,12,14H2,1-2H3,(H,21,23). The highest BCUT2D eigenvalue weighted by molar-refractivity contribution is 7.99. The van der Waals surface area contributed by atoms with Gasteiger partial charge in [-0.15, -0.1) is 11.8 Å². The summed E-state index contributed by atoms with van der Waals surface area (Å²) in [6, 6.07) is 12.6. The van der Waals surface area contributed by atoms with Crippen molar-refractivity contribution in [2.75, 3.05) is 35.0 Å². The quantitative estimate of drug-likeness (QED) is 0.603. The van der Waals surface area contributed by atoms with Crippen molar-refractivity contribution in [1.29, 1.82) is 0 Å². The van der Waals surface area contributed by atoms with Gasteiger partial charge in [-0.05, 0) is 36.4 Å². The molecule has 0 saturated heterocycles. The van der Waals surface area contributed by atoms with Crippen LogP contribution in [-0.4, -0.2) is 39.7 Å². The van der Waals surface area contributed by atoms with E-state index >= 15 is 0 Å². The highest BCUT2D eigenvalue weighted by atomic mass is 32.2. The fraction of sp³-hybridized carbons (Fsp3) is 0.350. The molecular formula is C20H24N2O5S2. The van der Waals surface area contributed by atoms with Gasteiger partial charge in [0.15, 0.2) is 11.5 Å². The fourth-order valence-electron chi connectivity index (χ4n) is 2.97. The smallest absolute Gasteiger partial charge is 0.232 e. The number of amides is 1. The maximum Gasteiger partial charge on any atom is 0.232 e. The molecule has 0 unspecified atom stereocenters. The molecule has 2 aromatic carbocycles. The Morgan fingerprint density at radius 3 is 2.69 bits per heavy atom. The van der Waals surface area contributed by atoms with Gasteiger partial charge in [0.25, 0.3) is 0 Å². The molecule has 9 heteroatoms. The molecule has 1 aliphatic heterocycles. The third kappa shape index (κ3) is 5.57. The molecule has 1 N–H and O–H groups in total. The largest absolute Gasteiger partial charge is 0.454 e. The second kappa shape index (κ2) is 9.41. The van der Waals surface area contributed by atoms with Crippen molar-refractivity contribution in [2.45, 2.75) is 24.7 Å². The number of sulfonamides is 1. The number of para-hydroxylation sites is 1. The number of benzene rings is 2. The second-order valence-corrected chi connectivity index (χ2v) is 9.67. The molecule has 0 radical (unpaired) electrons. The van der Waals surface area contributed by atoms with E-state index < -0.39 is 10.0 Å². The minimum Gasteiger partial charge on any atom is -0.454 e. The van der Waals surface area contributed by atoms with Crippen molar-refractivity contribution in [3.8, 4) is 11.5 Å². The maximum atomic E-state index is 12.4. The predicted octanol–water partition coefficient (Wildman–Crippen LogP) is 3.71. The number of carbonyl (C=O) groups is 1. The summed E-state index contributed by atoms with van der Waals surface area (Å²) in [6.45, 7) is 2.37. The van der Waals surface area contributed by atoms with Gasteiger partial charge in [0.2, 0.25) is 22.7 Å². The molecule has 0 saturated carbocycles. The average Bonchev–Trinajstić information content (AvgIpc) is 3.14. The number of thioether (sulfide) groups is 1. The van der Waals surface area contributed by atoms with Crippen LogP contribution in [0.1, 0.15) is 19.8 Å². The van der Waals surface area contributed by atoms with Gasteiger partial charge in [-0.1, -0.05) is 19.1 Å². The van der Waals surface area contributed by atoms with E-state index in [9.17, 15) is 13.2 Å². The van der Waals surface area contributed by atoms with E-state index in [-0.39, 0.29) is 25.7 Å². The van der Waals surface area contributed by atoms with E-state index in [4.69, 9.17) is 9.47 Å². The van der Waals surface area contributed by atoms with E-state index in [1.54, 1.807) is 30.0 Å². The van der Waals surface area contributed by atoms with Crippen LogP contribution < -0.4 is 19.1 Å². The maximum absolute atomic E-state index is 12.4. The summed E-state index contributed by atoms with van der Waals surface area (Å²) >= 11 is 1.66. The van der Waals surface area contributed by atoms with Crippen LogP contribution in [0.15, 0.2) is 47.4 Å². The third-order valence-electron chi connectivity index (χ3n) is 4.27. The normalized spacial score (nSPS) is 12.6. The van der Waals surface area contributed by atoms with Gasteiger partial charge in [-0.25, -0.2) is 8.42 Å². The highest BCUT2D eigenvalue weighted by Gasteiger charge is 2.21. The number of nitrogens with zero attached hydrogens (tertiary/aromatic N) is 1. The van der Waals surface area contributed by atoms with E-state index in [0.717, 1.165) is 22.6 Å². The van der Waals surface area contributed by atoms with E-state index in [1.165, 1.54) is 4.31 Å². The van der Waals surface area contributed by atoms with Crippen LogP contribution in [-0.2, 0) is 14.8 Å². The van der Waals surface area contributed by atoms with Gasteiger partial charge < -0.3 is 14.8 Å². The summed E-state index contributed by atoms with van der Waals surface area (Å²) in [4.78, 5) is 13.4. The topological polar surface area (TPSA) is 84.9 Å². The first-order chi connectivity index (χ1) is 13.9. The summed E-state index contributed by atoms with van der Waals surface area (Å²) in [5.74, 6) is 1.86. The molecule has 2 aromatic rings. The van der Waals surface area contributed by atoms with Gasteiger partial charge in [-0.3, -0.25) is 9.10 Å². The zero-order valence-corrected chi connectivity index (χ0v) is 18.0. The van der Waals surface area contributed by atoms with Crippen LogP contribution in [0.25, 0.3) is 0 Å². The van der Waals surface area contributed by atoms with Gasteiger partial charge in [0.1, 0.15) is 0 Å². The number of hydrogen-bond donors (Lipinski definition) is 1. The first-order valence-electron chi connectivity index (χ1n) is 9.27. The SMILES string of the molecule is CCSc1ccccc1NC(=O)CCCN(c1ccc2c(c1)OCO2)S(C)(=O)=O. The molecule has 1 amide bonds. The molecule has 1 aliphatic rings. The molecule has 3 rings (SSSR count). The van der Waals surface area contributed by atoms with Crippen LogP contribution in [0.3, 0.4) is 0 Å².